The zero-order chi connectivity index (χ0) is 25.1. The first kappa shape index (κ1) is 22.8. The molecule has 0 bridgehead atoms. The van der Waals surface area contributed by atoms with Gasteiger partial charge in [-0.3, -0.25) is 10.1 Å². The minimum Gasteiger partial charge on any atom is -0.494 e. The minimum atomic E-state index is -0.465. The van der Waals surface area contributed by atoms with Gasteiger partial charge in [-0.15, -0.1) is 0 Å². The molecule has 36 heavy (non-hydrogen) atoms. The maximum Gasteiger partial charge on any atom is 0.270 e. The Kier molecular flexibility index (Phi) is 6.12. The lowest BCUT2D eigenvalue weighted by atomic mass is 9.96. The van der Waals surface area contributed by atoms with E-state index in [1.54, 1.807) is 18.6 Å². The molecule has 9 heteroatoms. The normalized spacial score (nSPS) is 12.0. The fourth-order valence-electron chi connectivity index (χ4n) is 4.03. The number of non-ortho nitro benzene ring substituents is 1. The fraction of sp³-hybridized carbons (Fsp3) is 0.0370. The highest BCUT2D eigenvalue weighted by molar-refractivity contribution is 6.22. The second kappa shape index (κ2) is 9.69. The van der Waals surface area contributed by atoms with E-state index < -0.39 is 4.92 Å². The molecule has 0 amide bonds. The number of nitro groups is 1. The summed E-state index contributed by atoms with van der Waals surface area (Å²) in [6, 6.07) is 19.5. The Morgan fingerprint density at radius 1 is 1.11 bits per heavy atom. The Morgan fingerprint density at radius 3 is 2.64 bits per heavy atom. The molecule has 0 saturated carbocycles. The van der Waals surface area contributed by atoms with Gasteiger partial charge in [-0.05, 0) is 35.4 Å². The van der Waals surface area contributed by atoms with E-state index >= 15 is 0 Å². The topological polar surface area (TPSA) is 146 Å². The molecule has 2 aromatic heterocycles. The maximum atomic E-state index is 11.4. The fourth-order valence-corrected chi connectivity index (χ4v) is 4.03. The zero-order valence-electron chi connectivity index (χ0n) is 19.1. The maximum absolute atomic E-state index is 11.4. The SMILES string of the molecule is NCc1ccccc1C(=Nc1ccc(/C=C/c2cnc[nH]2)cc1)c1c(O)[nH]c2ccc([N+](=O)[O-])cc12. The van der Waals surface area contributed by atoms with Gasteiger partial charge in [-0.2, -0.15) is 0 Å². The molecule has 0 saturated heterocycles. The van der Waals surface area contributed by atoms with Gasteiger partial charge in [0, 0.05) is 35.1 Å². The van der Waals surface area contributed by atoms with Gasteiger partial charge in [0.05, 0.1) is 40.1 Å². The van der Waals surface area contributed by atoms with E-state index in [4.69, 9.17) is 10.7 Å². The van der Waals surface area contributed by atoms with Crippen LogP contribution in [0.4, 0.5) is 11.4 Å². The van der Waals surface area contributed by atoms with Crippen molar-refractivity contribution in [2.24, 2.45) is 10.7 Å². The highest BCUT2D eigenvalue weighted by Crippen LogP contribution is 2.34. The molecule has 178 valence electrons. The molecule has 0 aliphatic heterocycles. The molecular weight excluding hydrogens is 456 g/mol. The molecule has 0 spiro atoms. The Morgan fingerprint density at radius 2 is 1.92 bits per heavy atom. The standard InChI is InChI=1S/C27H22N6O3/c28-14-18-3-1-2-4-22(18)26(25-23-13-21(33(35)36)11-12-24(23)32-27(25)34)31-19-8-5-17(6-9-19)7-10-20-15-29-16-30-20/h1-13,15-16,32,34H,14,28H2,(H,29,30)/b10-7+,31-26?. The van der Waals surface area contributed by atoms with E-state index in [0.29, 0.717) is 27.9 Å². The van der Waals surface area contributed by atoms with Gasteiger partial charge in [0.25, 0.3) is 5.69 Å². The summed E-state index contributed by atoms with van der Waals surface area (Å²) < 4.78 is 0. The number of nitrogens with one attached hydrogen (secondary N) is 2. The molecule has 0 radical (unpaired) electrons. The highest BCUT2D eigenvalue weighted by atomic mass is 16.6. The van der Waals surface area contributed by atoms with E-state index in [1.165, 1.54) is 12.1 Å². The van der Waals surface area contributed by atoms with Crippen molar-refractivity contribution in [1.29, 1.82) is 0 Å². The predicted molar refractivity (Wildman–Crippen MR) is 140 cm³/mol. The number of benzene rings is 3. The van der Waals surface area contributed by atoms with Gasteiger partial charge in [0.15, 0.2) is 5.88 Å². The lowest BCUT2D eigenvalue weighted by molar-refractivity contribution is -0.384. The molecule has 5 aromatic rings. The molecule has 0 unspecified atom stereocenters. The number of rotatable bonds is 7. The average molecular weight is 479 g/mol. The number of nitrogens with zero attached hydrogens (tertiary/aromatic N) is 3. The molecule has 0 aliphatic carbocycles. The Labute approximate surface area is 205 Å². The number of nitro benzene ring substituents is 1. The van der Waals surface area contributed by atoms with Crippen LogP contribution in [-0.2, 0) is 6.54 Å². The van der Waals surface area contributed by atoms with Crippen LogP contribution < -0.4 is 5.73 Å². The van der Waals surface area contributed by atoms with Crippen molar-refractivity contribution in [1.82, 2.24) is 15.0 Å². The predicted octanol–water partition coefficient (Wildman–Crippen LogP) is 5.30. The van der Waals surface area contributed by atoms with Gasteiger partial charge < -0.3 is 20.8 Å². The molecule has 0 aliphatic rings. The quantitative estimate of drug-likeness (QED) is 0.142. The number of imidazole rings is 1. The summed E-state index contributed by atoms with van der Waals surface area (Å²) >= 11 is 0. The number of hydrogen-bond acceptors (Lipinski definition) is 6. The average Bonchev–Trinajstić information content (AvgIpc) is 3.53. The van der Waals surface area contributed by atoms with Crippen LogP contribution in [0.1, 0.15) is 27.9 Å². The van der Waals surface area contributed by atoms with Crippen LogP contribution >= 0.6 is 0 Å². The van der Waals surface area contributed by atoms with Crippen molar-refractivity contribution >= 4 is 40.1 Å². The molecule has 5 N–H and O–H groups in total. The molecular formula is C27H22N6O3. The minimum absolute atomic E-state index is 0.0809. The largest absolute Gasteiger partial charge is 0.494 e. The third kappa shape index (κ3) is 4.50. The van der Waals surface area contributed by atoms with Crippen molar-refractivity contribution in [3.8, 4) is 5.88 Å². The lowest BCUT2D eigenvalue weighted by Crippen LogP contribution is -2.09. The van der Waals surface area contributed by atoms with Gasteiger partial charge >= 0.3 is 0 Å². The van der Waals surface area contributed by atoms with Crippen LogP contribution in [0.25, 0.3) is 23.1 Å². The number of nitrogens with two attached hydrogens (primary N) is 1. The molecule has 3 aromatic carbocycles. The van der Waals surface area contributed by atoms with Crippen molar-refractivity contribution in [2.75, 3.05) is 0 Å². The van der Waals surface area contributed by atoms with E-state index in [1.807, 2.05) is 60.7 Å². The van der Waals surface area contributed by atoms with Crippen LogP contribution in [0.5, 0.6) is 5.88 Å². The Hall–Kier alpha value is -5.02. The first-order valence-electron chi connectivity index (χ1n) is 11.2. The van der Waals surface area contributed by atoms with Crippen molar-refractivity contribution in [3.63, 3.8) is 0 Å². The van der Waals surface area contributed by atoms with E-state index in [2.05, 4.69) is 15.0 Å². The smallest absolute Gasteiger partial charge is 0.270 e. The van der Waals surface area contributed by atoms with Crippen molar-refractivity contribution in [3.05, 3.63) is 117 Å². The Bertz CT molecular complexity index is 1600. The molecule has 2 heterocycles. The third-order valence-corrected chi connectivity index (χ3v) is 5.81. The number of aromatic amines is 2. The van der Waals surface area contributed by atoms with Crippen LogP contribution in [0, 0.1) is 10.1 Å². The van der Waals surface area contributed by atoms with Gasteiger partial charge in [-0.25, -0.2) is 9.98 Å². The zero-order valence-corrected chi connectivity index (χ0v) is 19.1. The lowest BCUT2D eigenvalue weighted by Gasteiger charge is -2.12. The summed E-state index contributed by atoms with van der Waals surface area (Å²) in [4.78, 5) is 25.8. The molecule has 9 nitrogen and oxygen atoms in total. The number of fused-ring (bicyclic) bond motifs is 1. The van der Waals surface area contributed by atoms with Crippen LogP contribution in [0.15, 0.2) is 84.2 Å². The second-order valence-corrected chi connectivity index (χ2v) is 8.09. The first-order valence-corrected chi connectivity index (χ1v) is 11.2. The van der Waals surface area contributed by atoms with E-state index in [0.717, 1.165) is 22.4 Å². The van der Waals surface area contributed by atoms with Crippen LogP contribution in [0.2, 0.25) is 0 Å². The first-order chi connectivity index (χ1) is 17.5. The molecule has 5 rings (SSSR count). The number of H-pyrrole nitrogens is 2. The van der Waals surface area contributed by atoms with E-state index in [9.17, 15) is 15.2 Å². The summed E-state index contributed by atoms with van der Waals surface area (Å²) in [6.07, 6.45) is 7.22. The van der Waals surface area contributed by atoms with Crippen molar-refractivity contribution < 1.29 is 10.0 Å². The number of aromatic hydroxyl groups is 1. The summed E-state index contributed by atoms with van der Waals surface area (Å²) in [6.45, 7) is 0.260. The number of aromatic nitrogens is 3. The summed E-state index contributed by atoms with van der Waals surface area (Å²) in [7, 11) is 0. The van der Waals surface area contributed by atoms with Gasteiger partial charge in [0.1, 0.15) is 0 Å². The Balaban J connectivity index is 1.65. The third-order valence-electron chi connectivity index (χ3n) is 5.81. The molecule has 0 atom stereocenters. The monoisotopic (exact) mass is 478 g/mol. The van der Waals surface area contributed by atoms with Crippen molar-refractivity contribution in [2.45, 2.75) is 6.54 Å². The summed E-state index contributed by atoms with van der Waals surface area (Å²) in [5.41, 5.74) is 11.4. The van der Waals surface area contributed by atoms with Crippen LogP contribution in [0.3, 0.4) is 0 Å². The summed E-state index contributed by atoms with van der Waals surface area (Å²) in [5.74, 6) is -0.129. The second-order valence-electron chi connectivity index (χ2n) is 8.09. The number of hydrogen-bond donors (Lipinski definition) is 4. The summed E-state index contributed by atoms with van der Waals surface area (Å²) in [5, 5.41) is 22.8. The van der Waals surface area contributed by atoms with E-state index in [-0.39, 0.29) is 18.1 Å². The van der Waals surface area contributed by atoms with Crippen LogP contribution in [-0.4, -0.2) is 30.7 Å². The van der Waals surface area contributed by atoms with Gasteiger partial charge in [0.2, 0.25) is 0 Å². The highest BCUT2D eigenvalue weighted by Gasteiger charge is 2.22. The van der Waals surface area contributed by atoms with Gasteiger partial charge in [-0.1, -0.05) is 42.5 Å². The molecule has 0 fully saturated rings. The number of aliphatic imine (C=N–C) groups is 1.